The number of hydrogen-bond donors (Lipinski definition) is 1. The van der Waals surface area contributed by atoms with E-state index in [1.54, 1.807) is 60.2 Å². The van der Waals surface area contributed by atoms with Gasteiger partial charge in [0.05, 0.1) is 24.2 Å². The second kappa shape index (κ2) is 9.29. The number of nitrogens with zero attached hydrogens (tertiary/aromatic N) is 3. The molecule has 0 bridgehead atoms. The molecule has 9 heteroatoms. The Morgan fingerprint density at radius 1 is 1.03 bits per heavy atom. The van der Waals surface area contributed by atoms with Crippen LogP contribution in [0.25, 0.3) is 0 Å². The smallest absolute Gasteiger partial charge is 0.274 e. The Kier molecular flexibility index (Phi) is 6.20. The van der Waals surface area contributed by atoms with Gasteiger partial charge in [0.15, 0.2) is 5.17 Å². The van der Waals surface area contributed by atoms with E-state index in [9.17, 15) is 9.90 Å². The topological polar surface area (TPSA) is 65.4 Å². The van der Waals surface area contributed by atoms with Gasteiger partial charge in [-0.1, -0.05) is 23.4 Å². The number of halogens is 1. The van der Waals surface area contributed by atoms with Crippen molar-refractivity contribution >= 4 is 63.3 Å². The van der Waals surface area contributed by atoms with E-state index in [4.69, 9.17) is 21.3 Å². The first-order valence-electron chi connectivity index (χ1n) is 10.5. The van der Waals surface area contributed by atoms with Crippen molar-refractivity contribution in [1.82, 2.24) is 0 Å². The van der Waals surface area contributed by atoms with Crippen molar-refractivity contribution < 1.29 is 14.6 Å². The van der Waals surface area contributed by atoms with Gasteiger partial charge in [-0.25, -0.2) is 4.99 Å². The standard InChI is InChI=1S/C25H20ClN3O3S2/c1-3-28-20-14-19(32-2)12-13-21(20)33-24(28)22-23(31)29(17-8-10-18(30)11-9-17)25(34-22)27-16-6-4-15(26)5-7-16/h4-14,30H,3H2,1-2H3. The number of fused-ring (bicyclic) bond motifs is 1. The van der Waals surface area contributed by atoms with Gasteiger partial charge in [-0.2, -0.15) is 0 Å². The van der Waals surface area contributed by atoms with Crippen molar-refractivity contribution in [2.75, 3.05) is 23.5 Å². The highest BCUT2D eigenvalue weighted by Crippen LogP contribution is 2.52. The van der Waals surface area contributed by atoms with Crippen molar-refractivity contribution in [2.45, 2.75) is 11.8 Å². The molecule has 0 radical (unpaired) electrons. The first-order valence-corrected chi connectivity index (χ1v) is 12.5. The van der Waals surface area contributed by atoms with Crippen LogP contribution in [0.5, 0.6) is 11.5 Å². The summed E-state index contributed by atoms with van der Waals surface area (Å²) >= 11 is 8.94. The number of benzene rings is 3. The molecule has 1 saturated heterocycles. The zero-order valence-electron chi connectivity index (χ0n) is 18.4. The molecule has 1 amide bonds. The predicted molar refractivity (Wildman–Crippen MR) is 141 cm³/mol. The van der Waals surface area contributed by atoms with E-state index < -0.39 is 0 Å². The molecule has 3 aromatic carbocycles. The summed E-state index contributed by atoms with van der Waals surface area (Å²) in [4.78, 5) is 23.9. The van der Waals surface area contributed by atoms with Crippen LogP contribution in [0, 0.1) is 0 Å². The lowest BCUT2D eigenvalue weighted by Gasteiger charge is -2.19. The molecule has 172 valence electrons. The summed E-state index contributed by atoms with van der Waals surface area (Å²) in [5.41, 5.74) is 2.33. The quantitative estimate of drug-likeness (QED) is 0.398. The van der Waals surface area contributed by atoms with E-state index in [2.05, 4.69) is 11.8 Å². The molecule has 0 aromatic heterocycles. The number of hydrogen-bond acceptors (Lipinski definition) is 7. The molecule has 1 N–H and O–H groups in total. The number of anilines is 2. The van der Waals surface area contributed by atoms with Gasteiger partial charge in [0.1, 0.15) is 21.4 Å². The van der Waals surface area contributed by atoms with Gasteiger partial charge in [0.25, 0.3) is 5.91 Å². The fraction of sp³-hybridized carbons (Fsp3) is 0.120. The van der Waals surface area contributed by atoms with Crippen molar-refractivity contribution in [3.8, 4) is 11.5 Å². The van der Waals surface area contributed by atoms with E-state index in [0.717, 1.165) is 21.4 Å². The van der Waals surface area contributed by atoms with Gasteiger partial charge in [0, 0.05) is 22.5 Å². The average Bonchev–Trinajstić information content (AvgIpc) is 3.37. The molecule has 1 fully saturated rings. The largest absolute Gasteiger partial charge is 0.508 e. The number of carbonyl (C=O) groups is 1. The van der Waals surface area contributed by atoms with Crippen molar-refractivity contribution in [3.05, 3.63) is 81.7 Å². The number of aromatic hydroxyl groups is 1. The highest BCUT2D eigenvalue weighted by atomic mass is 35.5. The summed E-state index contributed by atoms with van der Waals surface area (Å²) in [6, 6.07) is 19.6. The summed E-state index contributed by atoms with van der Waals surface area (Å²) in [6.45, 7) is 2.75. The Bertz CT molecular complexity index is 1320. The molecule has 34 heavy (non-hydrogen) atoms. The molecule has 3 aromatic rings. The Morgan fingerprint density at radius 3 is 2.44 bits per heavy atom. The molecular formula is C25H20ClN3O3S2. The second-order valence-electron chi connectivity index (χ2n) is 7.44. The van der Waals surface area contributed by atoms with Crippen LogP contribution < -0.4 is 14.5 Å². The number of thioether (sulfide) groups is 2. The number of amides is 1. The minimum atomic E-state index is -0.163. The number of ether oxygens (including phenoxy) is 1. The molecule has 2 aliphatic heterocycles. The molecule has 0 spiro atoms. The summed E-state index contributed by atoms with van der Waals surface area (Å²) < 4.78 is 5.41. The van der Waals surface area contributed by atoms with Gasteiger partial charge in [0.2, 0.25) is 0 Å². The number of rotatable bonds is 4. The fourth-order valence-electron chi connectivity index (χ4n) is 3.71. The maximum atomic E-state index is 13.8. The lowest BCUT2D eigenvalue weighted by atomic mass is 10.2. The molecule has 0 unspecified atom stereocenters. The first kappa shape index (κ1) is 22.7. The molecule has 0 saturated carbocycles. The number of phenolic OH excluding ortho intramolecular Hbond substituents is 1. The number of aliphatic imine (C=N–C) groups is 1. The van der Waals surface area contributed by atoms with Gasteiger partial charge in [-0.05, 0) is 79.3 Å². The van der Waals surface area contributed by atoms with Crippen molar-refractivity contribution in [1.29, 1.82) is 0 Å². The number of phenols is 1. The van der Waals surface area contributed by atoms with Gasteiger partial charge >= 0.3 is 0 Å². The number of amidine groups is 1. The molecule has 2 aliphatic rings. The lowest BCUT2D eigenvalue weighted by molar-refractivity contribution is -0.113. The highest BCUT2D eigenvalue weighted by molar-refractivity contribution is 8.20. The van der Waals surface area contributed by atoms with Crippen LogP contribution in [0.3, 0.4) is 0 Å². The molecule has 0 aliphatic carbocycles. The van der Waals surface area contributed by atoms with Gasteiger partial charge in [-0.15, -0.1) is 0 Å². The maximum absolute atomic E-state index is 13.8. The Morgan fingerprint density at radius 2 is 1.76 bits per heavy atom. The van der Waals surface area contributed by atoms with Crippen LogP contribution in [0.2, 0.25) is 5.02 Å². The van der Waals surface area contributed by atoms with Crippen molar-refractivity contribution in [2.24, 2.45) is 4.99 Å². The fourth-order valence-corrected chi connectivity index (χ4v) is 6.21. The zero-order valence-corrected chi connectivity index (χ0v) is 20.7. The van der Waals surface area contributed by atoms with Crippen LogP contribution in [0.4, 0.5) is 17.1 Å². The monoisotopic (exact) mass is 509 g/mol. The Labute approximate surface area is 210 Å². The summed E-state index contributed by atoms with van der Waals surface area (Å²) in [7, 11) is 1.64. The minimum absolute atomic E-state index is 0.130. The van der Waals surface area contributed by atoms with Crippen LogP contribution in [0.15, 0.2) is 86.6 Å². The molecule has 2 heterocycles. The minimum Gasteiger partial charge on any atom is -0.508 e. The molecular weight excluding hydrogens is 490 g/mol. The first-order chi connectivity index (χ1) is 16.5. The highest BCUT2D eigenvalue weighted by Gasteiger charge is 2.40. The van der Waals surface area contributed by atoms with Gasteiger partial charge in [-0.3, -0.25) is 9.69 Å². The summed E-state index contributed by atoms with van der Waals surface area (Å²) in [6.07, 6.45) is 0. The second-order valence-corrected chi connectivity index (χ2v) is 9.89. The predicted octanol–water partition coefficient (Wildman–Crippen LogP) is 6.62. The molecule has 0 atom stereocenters. The van der Waals surface area contributed by atoms with E-state index in [-0.39, 0.29) is 11.7 Å². The summed E-state index contributed by atoms with van der Waals surface area (Å²) in [5.74, 6) is 0.736. The van der Waals surface area contributed by atoms with Crippen LogP contribution in [-0.2, 0) is 4.79 Å². The Balaban J connectivity index is 1.61. The van der Waals surface area contributed by atoms with Gasteiger partial charge < -0.3 is 14.7 Å². The average molecular weight is 510 g/mol. The van der Waals surface area contributed by atoms with E-state index >= 15 is 0 Å². The zero-order chi connectivity index (χ0) is 23.8. The third kappa shape index (κ3) is 4.13. The van der Waals surface area contributed by atoms with E-state index in [1.807, 2.05) is 30.3 Å². The lowest BCUT2D eigenvalue weighted by Crippen LogP contribution is -2.29. The molecule has 5 rings (SSSR count). The van der Waals surface area contributed by atoms with E-state index in [0.29, 0.717) is 33.0 Å². The van der Waals surface area contributed by atoms with E-state index in [1.165, 1.54) is 11.8 Å². The third-order valence-corrected chi connectivity index (χ3v) is 7.95. The normalized spacial score (nSPS) is 18.7. The molecule has 6 nitrogen and oxygen atoms in total. The maximum Gasteiger partial charge on any atom is 0.274 e. The SMILES string of the molecule is CCN1C(=C2SC(=Nc3ccc(Cl)cc3)N(c3ccc(O)cc3)C2=O)Sc2ccc(OC)cc21. The third-order valence-electron chi connectivity index (χ3n) is 5.36. The van der Waals surface area contributed by atoms with Crippen LogP contribution >= 0.6 is 35.1 Å². The van der Waals surface area contributed by atoms with Crippen LogP contribution in [-0.4, -0.2) is 29.8 Å². The number of carbonyl (C=O) groups excluding carboxylic acids is 1. The van der Waals surface area contributed by atoms with Crippen LogP contribution in [0.1, 0.15) is 6.92 Å². The summed E-state index contributed by atoms with van der Waals surface area (Å²) in [5, 5.41) is 11.8. The Hall–Kier alpha value is -3.07. The van der Waals surface area contributed by atoms with Crippen molar-refractivity contribution in [3.63, 3.8) is 0 Å². The number of methoxy groups -OCH3 is 1.